The number of unbranched alkanes of at least 4 members (excludes halogenated alkanes) is 6. The van der Waals surface area contributed by atoms with Gasteiger partial charge in [0, 0.05) is 44.1 Å². The van der Waals surface area contributed by atoms with E-state index < -0.39 is 102 Å². The molecule has 0 aliphatic carbocycles. The van der Waals surface area contributed by atoms with Crippen LogP contribution in [0, 0.1) is 0 Å². The van der Waals surface area contributed by atoms with E-state index in [0.29, 0.717) is 18.6 Å². The average Bonchev–Trinajstić information content (AvgIpc) is 3.63. The number of hydrogen-bond acceptors (Lipinski definition) is 13. The van der Waals surface area contributed by atoms with Crippen LogP contribution in [-0.4, -0.2) is 164 Å². The Morgan fingerprint density at radius 3 is 1.78 bits per heavy atom. The number of carbonyl (C=O) groups excluding carboxylic acids is 8. The Hall–Kier alpha value is -7.88. The number of hydrogen-bond donors (Lipinski definition) is 10. The van der Waals surface area contributed by atoms with Gasteiger partial charge in [0.15, 0.2) is 0 Å². The molecular weight excluding hydrogens is 1100 g/mol. The summed E-state index contributed by atoms with van der Waals surface area (Å²) in [5, 5.41) is 59.7. The first-order valence-electron chi connectivity index (χ1n) is 30.5. The summed E-state index contributed by atoms with van der Waals surface area (Å²) < 4.78 is 5.88. The number of aromatic hydroxyl groups is 1. The Kier molecular flexibility index (Phi) is 24.5. The number of aliphatic hydroxyl groups is 3. The fraction of sp³-hybridized carbons (Fsp3) is 0.508. The van der Waals surface area contributed by atoms with Crippen LogP contribution in [0.4, 0.5) is 0 Å². The van der Waals surface area contributed by atoms with Gasteiger partial charge in [0.05, 0.1) is 24.9 Å². The molecule has 3 fully saturated rings. The van der Waals surface area contributed by atoms with Gasteiger partial charge in [0.25, 0.3) is 5.91 Å². The van der Waals surface area contributed by atoms with E-state index in [1.165, 1.54) is 30.9 Å². The highest BCUT2D eigenvalue weighted by Gasteiger charge is 2.46. The van der Waals surface area contributed by atoms with E-state index in [1.807, 2.05) is 48.5 Å². The molecule has 7 rings (SSSR count). The average molecular weight is 1190 g/mol. The Balaban J connectivity index is 1.14. The Morgan fingerprint density at radius 1 is 0.628 bits per heavy atom. The molecule has 3 saturated heterocycles. The molecule has 0 spiro atoms. The first-order chi connectivity index (χ1) is 41.3. The van der Waals surface area contributed by atoms with E-state index in [9.17, 15) is 58.8 Å². The van der Waals surface area contributed by atoms with Gasteiger partial charge in [-0.1, -0.05) is 113 Å². The van der Waals surface area contributed by atoms with Crippen LogP contribution in [0.15, 0.2) is 97.1 Å². The number of amides is 8. The molecule has 0 unspecified atom stereocenters. The predicted octanol–water partition coefficient (Wildman–Crippen LogP) is 4.56. The number of phenolic OH excluding ortho intramolecular Hbond substituents is 1. The predicted molar refractivity (Wildman–Crippen MR) is 323 cm³/mol. The summed E-state index contributed by atoms with van der Waals surface area (Å²) in [7, 11) is 0. The van der Waals surface area contributed by atoms with Gasteiger partial charge in [-0.15, -0.1) is 0 Å². The molecule has 3 aliphatic heterocycles. The molecule has 4 aromatic rings. The molecule has 464 valence electrons. The number of aryl methyl sites for hydroxylation is 1. The number of carbonyl (C=O) groups is 8. The van der Waals surface area contributed by atoms with Crippen LogP contribution >= 0.6 is 0 Å². The maximum atomic E-state index is 14.7. The smallest absolute Gasteiger partial charge is 0.251 e. The normalized spacial score (nSPS) is 23.3. The van der Waals surface area contributed by atoms with E-state index in [4.69, 9.17) is 4.74 Å². The van der Waals surface area contributed by atoms with Crippen molar-refractivity contribution in [3.05, 3.63) is 108 Å². The van der Waals surface area contributed by atoms with E-state index >= 15 is 0 Å². The molecule has 4 aromatic carbocycles. The van der Waals surface area contributed by atoms with Crippen LogP contribution in [0.25, 0.3) is 22.3 Å². The van der Waals surface area contributed by atoms with Crippen LogP contribution in [0.2, 0.25) is 0 Å². The van der Waals surface area contributed by atoms with Crippen molar-refractivity contribution in [2.24, 2.45) is 0 Å². The number of benzene rings is 4. The van der Waals surface area contributed by atoms with Gasteiger partial charge in [-0.2, -0.15) is 0 Å². The Labute approximate surface area is 503 Å². The second-order valence-corrected chi connectivity index (χ2v) is 23.0. The number of nitrogens with one attached hydrogen (secondary N) is 6. The van der Waals surface area contributed by atoms with Crippen LogP contribution in [0.5, 0.6) is 11.5 Å². The van der Waals surface area contributed by atoms with E-state index in [1.54, 1.807) is 36.4 Å². The third-order valence-electron chi connectivity index (χ3n) is 16.2. The molecule has 21 heteroatoms. The monoisotopic (exact) mass is 1190 g/mol. The van der Waals surface area contributed by atoms with Crippen molar-refractivity contribution in [1.29, 1.82) is 0 Å². The van der Waals surface area contributed by atoms with Crippen molar-refractivity contribution in [3.63, 3.8) is 0 Å². The highest BCUT2D eigenvalue weighted by molar-refractivity contribution is 6.00. The van der Waals surface area contributed by atoms with Crippen molar-refractivity contribution in [1.82, 2.24) is 41.7 Å². The molecule has 10 atom stereocenters. The fourth-order valence-electron chi connectivity index (χ4n) is 11.2. The standard InChI is InChI=1S/C65H86N8O13/c1-5-7-9-10-11-15-56(78)67-48-36-54-62(82)66-34-13-14-52(68-59(79)47-25-23-45(24-26-47)43-19-21-44(22-20-43)46-27-31-51(32-28-46)86-35-12-8-6-2)60(80)70-58(41(4)75)65(85)73-39-50(77)37-55(73)63(83)69-53(33-18-42-16-29-49(76)30-17-42)61(81)71-57(40(3)74)64(84)72(54)38-48/h16-17,19-32,40-41,48,50,52-55,57-58,74-77H,5-15,18,33-39H2,1-4H3,(H,66,82)(H,67,78)(H,68,79)(H,69,83)(H,70,80)(H,71,81)/t40-,41-,48+,50-,52+,53+,54+,55+,57+,58+/m1/s1. The number of phenols is 1. The van der Waals surface area contributed by atoms with Gasteiger partial charge in [-0.25, -0.2) is 0 Å². The highest BCUT2D eigenvalue weighted by Crippen LogP contribution is 2.28. The third-order valence-corrected chi connectivity index (χ3v) is 16.2. The molecule has 3 heterocycles. The zero-order valence-corrected chi connectivity index (χ0v) is 49.8. The summed E-state index contributed by atoms with van der Waals surface area (Å²) in [5.41, 5.74) is 4.59. The van der Waals surface area contributed by atoms with Crippen LogP contribution in [0.1, 0.15) is 134 Å². The molecule has 86 heavy (non-hydrogen) atoms. The van der Waals surface area contributed by atoms with E-state index in [0.717, 1.165) is 77.8 Å². The van der Waals surface area contributed by atoms with Gasteiger partial charge >= 0.3 is 0 Å². The second-order valence-electron chi connectivity index (χ2n) is 23.0. The first-order valence-corrected chi connectivity index (χ1v) is 30.5. The van der Waals surface area contributed by atoms with Crippen molar-refractivity contribution in [2.45, 2.75) is 185 Å². The van der Waals surface area contributed by atoms with Crippen LogP contribution in [-0.2, 0) is 40.0 Å². The molecule has 21 nitrogen and oxygen atoms in total. The summed E-state index contributed by atoms with van der Waals surface area (Å²) in [4.78, 5) is 117. The second kappa shape index (κ2) is 32.0. The van der Waals surface area contributed by atoms with Gasteiger partial charge in [-0.05, 0) is 123 Å². The minimum absolute atomic E-state index is 0.00655. The third kappa shape index (κ3) is 18.3. The highest BCUT2D eigenvalue weighted by atomic mass is 16.5. The number of nitrogens with zero attached hydrogens (tertiary/aromatic N) is 2. The fourth-order valence-corrected chi connectivity index (χ4v) is 11.2. The van der Waals surface area contributed by atoms with E-state index in [-0.39, 0.29) is 81.8 Å². The zero-order chi connectivity index (χ0) is 61.9. The summed E-state index contributed by atoms with van der Waals surface area (Å²) in [6.45, 7) is 6.83. The van der Waals surface area contributed by atoms with Gasteiger partial charge in [0.2, 0.25) is 41.4 Å². The molecule has 8 amide bonds. The minimum atomic E-state index is -1.70. The summed E-state index contributed by atoms with van der Waals surface area (Å²) in [5.74, 6) is -5.19. The van der Waals surface area contributed by atoms with E-state index in [2.05, 4.69) is 45.7 Å². The summed E-state index contributed by atoms with van der Waals surface area (Å²) in [6, 6.07) is 19.3. The lowest BCUT2D eigenvalue weighted by Gasteiger charge is -2.32. The molecule has 0 bridgehead atoms. The topological polar surface area (TPSA) is 305 Å². The number of aliphatic hydroxyl groups excluding tert-OH is 3. The van der Waals surface area contributed by atoms with Crippen LogP contribution < -0.4 is 36.6 Å². The van der Waals surface area contributed by atoms with Gasteiger partial charge in [-0.3, -0.25) is 38.4 Å². The maximum Gasteiger partial charge on any atom is 0.251 e. The lowest BCUT2D eigenvalue weighted by atomic mass is 9.99. The zero-order valence-electron chi connectivity index (χ0n) is 49.8. The van der Waals surface area contributed by atoms with Crippen molar-refractivity contribution < 1.29 is 63.5 Å². The van der Waals surface area contributed by atoms with Crippen LogP contribution in [0.3, 0.4) is 0 Å². The molecule has 0 aromatic heterocycles. The minimum Gasteiger partial charge on any atom is -0.508 e. The SMILES string of the molecule is CCCCCCCC(=O)N[C@H]1C[C@H]2C(=O)NCCC[C@H](NC(=O)c3ccc(-c4ccc(-c5ccc(OCCCCC)cc5)cc4)cc3)C(=O)N[C@@H]([C@@H](C)O)C(=O)N3C[C@H](O)C[C@H]3C(=O)N[C@@H](CCc3ccc(O)cc3)C(=O)N[C@@H]([C@@H](C)O)C(=O)N2C1. The van der Waals surface area contributed by atoms with Crippen molar-refractivity contribution >= 4 is 47.3 Å². The molecular formula is C65H86N8O13. The Morgan fingerprint density at radius 2 is 1.17 bits per heavy atom. The lowest BCUT2D eigenvalue weighted by Crippen LogP contribution is -2.61. The summed E-state index contributed by atoms with van der Waals surface area (Å²) >= 11 is 0. The number of ether oxygens (including phenoxy) is 1. The molecule has 10 N–H and O–H groups in total. The number of rotatable bonds is 21. The maximum absolute atomic E-state index is 14.7. The molecule has 0 radical (unpaired) electrons. The molecule has 3 aliphatic rings. The summed E-state index contributed by atoms with van der Waals surface area (Å²) in [6.07, 6.45) is 3.36. The van der Waals surface area contributed by atoms with Gasteiger partial charge in [0.1, 0.15) is 47.8 Å². The first kappa shape index (κ1) is 65.7. The van der Waals surface area contributed by atoms with Crippen molar-refractivity contribution in [2.75, 3.05) is 26.2 Å². The van der Waals surface area contributed by atoms with Gasteiger partial charge < -0.3 is 66.9 Å². The lowest BCUT2D eigenvalue weighted by molar-refractivity contribution is -0.145. The quantitative estimate of drug-likeness (QED) is 0.0513. The largest absolute Gasteiger partial charge is 0.508 e. The Bertz CT molecular complexity index is 2920. The molecule has 0 saturated carbocycles. The number of fused-ring (bicyclic) bond motifs is 2. The van der Waals surface area contributed by atoms with Crippen molar-refractivity contribution in [3.8, 4) is 33.8 Å².